The van der Waals surface area contributed by atoms with Crippen LogP contribution in [0.5, 0.6) is 0 Å². The molecule has 2 aliphatic carbocycles. The van der Waals surface area contributed by atoms with E-state index < -0.39 is 0 Å². The monoisotopic (exact) mass is 235 g/mol. The van der Waals surface area contributed by atoms with Gasteiger partial charge >= 0.3 is 0 Å². The minimum atomic E-state index is -0.00823. The molecule has 2 aliphatic rings. The predicted octanol–water partition coefficient (Wildman–Crippen LogP) is 3.43. The molecule has 1 N–H and O–H groups in total. The first-order chi connectivity index (χ1) is 8.29. The van der Waals surface area contributed by atoms with Gasteiger partial charge in [0.15, 0.2) is 0 Å². The van der Waals surface area contributed by atoms with E-state index in [2.05, 4.69) is 11.9 Å². The Kier molecular flexibility index (Phi) is 4.64. The van der Waals surface area contributed by atoms with Gasteiger partial charge in [0.2, 0.25) is 5.91 Å². The maximum absolute atomic E-state index is 11.2. The summed E-state index contributed by atoms with van der Waals surface area (Å²) < 4.78 is 0. The summed E-state index contributed by atoms with van der Waals surface area (Å²) in [5.74, 6) is 1.91. The minimum absolute atomic E-state index is 0.00823. The molecule has 0 radical (unpaired) electrons. The van der Waals surface area contributed by atoms with Crippen molar-refractivity contribution in [3.63, 3.8) is 0 Å². The summed E-state index contributed by atoms with van der Waals surface area (Å²) >= 11 is 0. The molecule has 0 atom stereocenters. The second-order valence-electron chi connectivity index (χ2n) is 5.72. The van der Waals surface area contributed by atoms with Crippen molar-refractivity contribution in [2.45, 2.75) is 63.8 Å². The molecule has 0 spiro atoms. The molecule has 0 aromatic rings. The molecule has 2 saturated carbocycles. The number of carbonyl (C=O) groups excluding carboxylic acids is 1. The zero-order chi connectivity index (χ0) is 12.1. The lowest BCUT2D eigenvalue weighted by Crippen LogP contribution is -2.37. The molecule has 0 aliphatic heterocycles. The van der Waals surface area contributed by atoms with E-state index >= 15 is 0 Å². The van der Waals surface area contributed by atoms with E-state index in [4.69, 9.17) is 0 Å². The number of nitrogens with one attached hydrogen (secondary N) is 1. The first-order valence-corrected chi connectivity index (χ1v) is 7.22. The highest BCUT2D eigenvalue weighted by Crippen LogP contribution is 2.38. The van der Waals surface area contributed by atoms with E-state index in [1.165, 1.54) is 63.9 Å². The lowest BCUT2D eigenvalue weighted by Gasteiger charge is -2.36. The summed E-state index contributed by atoms with van der Waals surface area (Å²) in [6, 6.07) is 0.403. The summed E-state index contributed by atoms with van der Waals surface area (Å²) in [6.45, 7) is 3.50. The van der Waals surface area contributed by atoms with Gasteiger partial charge in [0.1, 0.15) is 0 Å². The Balaban J connectivity index is 1.73. The summed E-state index contributed by atoms with van der Waals surface area (Å²) in [4.78, 5) is 11.2. The molecule has 2 rings (SSSR count). The fraction of sp³-hybridized carbons (Fsp3) is 0.800. The van der Waals surface area contributed by atoms with Crippen LogP contribution in [0.3, 0.4) is 0 Å². The molecular weight excluding hydrogens is 210 g/mol. The normalized spacial score (nSPS) is 30.8. The van der Waals surface area contributed by atoms with Gasteiger partial charge in [0.05, 0.1) is 0 Å². The van der Waals surface area contributed by atoms with Crippen molar-refractivity contribution in [2.75, 3.05) is 0 Å². The van der Waals surface area contributed by atoms with Crippen molar-refractivity contribution in [2.24, 2.45) is 11.8 Å². The molecular formula is C15H25NO. The number of hydrogen-bond acceptors (Lipinski definition) is 1. The molecule has 0 aromatic heterocycles. The van der Waals surface area contributed by atoms with Crippen molar-refractivity contribution in [1.29, 1.82) is 0 Å². The van der Waals surface area contributed by atoms with E-state index in [-0.39, 0.29) is 5.91 Å². The van der Waals surface area contributed by atoms with Crippen LogP contribution >= 0.6 is 0 Å². The lowest BCUT2D eigenvalue weighted by atomic mass is 9.72. The maximum atomic E-state index is 11.2. The molecule has 0 bridgehead atoms. The third-order valence-corrected chi connectivity index (χ3v) is 4.62. The van der Waals surface area contributed by atoms with Crippen molar-refractivity contribution in [1.82, 2.24) is 5.32 Å². The Bertz CT molecular complexity index is 260. The van der Waals surface area contributed by atoms with Gasteiger partial charge in [-0.2, -0.15) is 0 Å². The van der Waals surface area contributed by atoms with Gasteiger partial charge in [-0.25, -0.2) is 0 Å². The van der Waals surface area contributed by atoms with Crippen LogP contribution < -0.4 is 5.32 Å². The Morgan fingerprint density at radius 2 is 1.53 bits per heavy atom. The maximum Gasteiger partial charge on any atom is 0.243 e. The van der Waals surface area contributed by atoms with E-state index in [9.17, 15) is 4.79 Å². The lowest BCUT2D eigenvalue weighted by molar-refractivity contribution is -0.117. The van der Waals surface area contributed by atoms with Crippen LogP contribution in [0.15, 0.2) is 12.7 Å². The van der Waals surface area contributed by atoms with Crippen molar-refractivity contribution in [3.8, 4) is 0 Å². The van der Waals surface area contributed by atoms with E-state index in [1.54, 1.807) is 0 Å². The quantitative estimate of drug-likeness (QED) is 0.746. The zero-order valence-electron chi connectivity index (χ0n) is 10.8. The summed E-state index contributed by atoms with van der Waals surface area (Å²) in [6.07, 6.45) is 13.6. The van der Waals surface area contributed by atoms with Crippen LogP contribution in [0.2, 0.25) is 0 Å². The Labute approximate surface area is 105 Å². The van der Waals surface area contributed by atoms with Gasteiger partial charge in [0.25, 0.3) is 0 Å². The van der Waals surface area contributed by atoms with Gasteiger partial charge in [-0.1, -0.05) is 38.7 Å². The number of rotatable bonds is 3. The average molecular weight is 235 g/mol. The van der Waals surface area contributed by atoms with Crippen LogP contribution in [-0.2, 0) is 4.79 Å². The minimum Gasteiger partial charge on any atom is -0.350 e. The first-order valence-electron chi connectivity index (χ1n) is 7.22. The topological polar surface area (TPSA) is 29.1 Å². The number of carbonyl (C=O) groups is 1. The molecule has 2 nitrogen and oxygen atoms in total. The smallest absolute Gasteiger partial charge is 0.243 e. The average Bonchev–Trinajstić information content (AvgIpc) is 2.40. The van der Waals surface area contributed by atoms with Crippen LogP contribution in [-0.4, -0.2) is 11.9 Å². The molecule has 0 unspecified atom stereocenters. The summed E-state index contributed by atoms with van der Waals surface area (Å²) in [5, 5.41) is 3.04. The summed E-state index contributed by atoms with van der Waals surface area (Å²) in [5.41, 5.74) is 0. The predicted molar refractivity (Wildman–Crippen MR) is 70.7 cm³/mol. The third-order valence-electron chi connectivity index (χ3n) is 4.62. The highest BCUT2D eigenvalue weighted by atomic mass is 16.1. The van der Waals surface area contributed by atoms with Gasteiger partial charge in [-0.05, 0) is 43.6 Å². The van der Waals surface area contributed by atoms with Crippen LogP contribution in [0.4, 0.5) is 0 Å². The Hall–Kier alpha value is -0.790. The highest BCUT2D eigenvalue weighted by Gasteiger charge is 2.28. The van der Waals surface area contributed by atoms with Crippen LogP contribution in [0, 0.1) is 11.8 Å². The molecule has 0 heterocycles. The summed E-state index contributed by atoms with van der Waals surface area (Å²) in [7, 11) is 0. The van der Waals surface area contributed by atoms with Crippen LogP contribution in [0.1, 0.15) is 57.8 Å². The highest BCUT2D eigenvalue weighted by molar-refractivity contribution is 5.87. The Morgan fingerprint density at radius 3 is 2.12 bits per heavy atom. The Morgan fingerprint density at radius 1 is 0.941 bits per heavy atom. The largest absolute Gasteiger partial charge is 0.350 e. The standard InChI is InChI=1S/C15H25NO/c1-2-15(17)16-14-10-8-13(9-11-14)12-6-4-3-5-7-12/h2,12-14H,1,3-11H2,(H,16,17). The second-order valence-corrected chi connectivity index (χ2v) is 5.72. The number of hydrogen-bond donors (Lipinski definition) is 1. The van der Waals surface area contributed by atoms with Crippen LogP contribution in [0.25, 0.3) is 0 Å². The zero-order valence-corrected chi connectivity index (χ0v) is 10.8. The second kappa shape index (κ2) is 6.23. The third kappa shape index (κ3) is 3.58. The fourth-order valence-corrected chi connectivity index (χ4v) is 3.60. The number of amides is 1. The van der Waals surface area contributed by atoms with Gasteiger partial charge < -0.3 is 5.32 Å². The van der Waals surface area contributed by atoms with E-state index in [1.807, 2.05) is 0 Å². The molecule has 2 heteroatoms. The van der Waals surface area contributed by atoms with Gasteiger partial charge in [-0.15, -0.1) is 0 Å². The molecule has 0 aromatic carbocycles. The van der Waals surface area contributed by atoms with Crippen molar-refractivity contribution >= 4 is 5.91 Å². The van der Waals surface area contributed by atoms with Gasteiger partial charge in [0, 0.05) is 6.04 Å². The van der Waals surface area contributed by atoms with E-state index in [0.717, 1.165) is 11.8 Å². The molecule has 0 saturated heterocycles. The fourth-order valence-electron chi connectivity index (χ4n) is 3.60. The van der Waals surface area contributed by atoms with Crippen molar-refractivity contribution < 1.29 is 4.79 Å². The molecule has 1 amide bonds. The SMILES string of the molecule is C=CC(=O)NC1CCC(C2CCCCC2)CC1. The molecule has 17 heavy (non-hydrogen) atoms. The van der Waals surface area contributed by atoms with Gasteiger partial charge in [-0.3, -0.25) is 4.79 Å². The van der Waals surface area contributed by atoms with Crippen molar-refractivity contribution in [3.05, 3.63) is 12.7 Å². The van der Waals surface area contributed by atoms with E-state index in [0.29, 0.717) is 6.04 Å². The molecule has 2 fully saturated rings. The molecule has 96 valence electrons. The first kappa shape index (κ1) is 12.7.